The molecule has 0 atom stereocenters. The zero-order valence-electron chi connectivity index (χ0n) is 13.3. The number of H-pyrrole nitrogens is 1. The number of nitrogens with one attached hydrogen (secondary N) is 1. The average Bonchev–Trinajstić information content (AvgIpc) is 3.28. The van der Waals surface area contributed by atoms with E-state index in [0.717, 1.165) is 46.9 Å². The third-order valence-corrected chi connectivity index (χ3v) is 3.98. The van der Waals surface area contributed by atoms with Gasteiger partial charge in [-0.3, -0.25) is 0 Å². The van der Waals surface area contributed by atoms with Crippen molar-refractivity contribution in [2.24, 2.45) is 0 Å². The topological polar surface area (TPSA) is 63.9 Å². The highest BCUT2D eigenvalue weighted by atomic mass is 16.5. The second kappa shape index (κ2) is 6.20. The van der Waals surface area contributed by atoms with E-state index in [1.54, 1.807) is 19.6 Å². The number of hydrogen-bond acceptors (Lipinski definition) is 4. The van der Waals surface area contributed by atoms with Crippen LogP contribution in [0.4, 0.5) is 0 Å². The average molecular weight is 319 g/mol. The van der Waals surface area contributed by atoms with Gasteiger partial charge in [0.15, 0.2) is 5.65 Å². The molecule has 4 aromatic rings. The van der Waals surface area contributed by atoms with Gasteiger partial charge in [-0.2, -0.15) is 0 Å². The van der Waals surface area contributed by atoms with Crippen LogP contribution in [0.1, 0.15) is 11.4 Å². The first kappa shape index (κ1) is 14.5. The molecule has 0 saturated heterocycles. The minimum atomic E-state index is 0.728. The highest BCUT2D eigenvalue weighted by molar-refractivity contribution is 5.76. The van der Waals surface area contributed by atoms with E-state index >= 15 is 0 Å². The van der Waals surface area contributed by atoms with Gasteiger partial charge in [0.05, 0.1) is 18.9 Å². The molecule has 3 heterocycles. The fourth-order valence-electron chi connectivity index (χ4n) is 2.74. The summed E-state index contributed by atoms with van der Waals surface area (Å²) in [6, 6.07) is 13.9. The van der Waals surface area contributed by atoms with Crippen molar-refractivity contribution in [2.75, 3.05) is 7.11 Å². The highest BCUT2D eigenvalue weighted by Crippen LogP contribution is 2.22. The smallest absolute Gasteiger partial charge is 0.177 e. The van der Waals surface area contributed by atoms with Crippen molar-refractivity contribution < 1.29 is 9.15 Å². The van der Waals surface area contributed by atoms with Crippen molar-refractivity contribution in [1.29, 1.82) is 0 Å². The molecule has 0 aliphatic carbocycles. The van der Waals surface area contributed by atoms with Crippen LogP contribution in [-0.4, -0.2) is 22.1 Å². The predicted molar refractivity (Wildman–Crippen MR) is 92.0 cm³/mol. The van der Waals surface area contributed by atoms with Crippen molar-refractivity contribution in [3.8, 4) is 17.1 Å². The first-order valence-electron chi connectivity index (χ1n) is 7.83. The SMILES string of the molecule is COc1cccc(CCc2nc3ncc(-c4ccco4)cc3[nH]2)c1. The Kier molecular flexibility index (Phi) is 3.75. The summed E-state index contributed by atoms with van der Waals surface area (Å²) < 4.78 is 10.7. The van der Waals surface area contributed by atoms with Gasteiger partial charge in [0, 0.05) is 18.2 Å². The van der Waals surface area contributed by atoms with Gasteiger partial charge in [-0.05, 0) is 42.3 Å². The largest absolute Gasteiger partial charge is 0.497 e. The number of aromatic amines is 1. The summed E-state index contributed by atoms with van der Waals surface area (Å²) in [6.07, 6.45) is 5.15. The molecule has 0 saturated carbocycles. The van der Waals surface area contributed by atoms with Crippen LogP contribution >= 0.6 is 0 Å². The molecule has 0 spiro atoms. The molecule has 120 valence electrons. The molecule has 0 fully saturated rings. The zero-order valence-corrected chi connectivity index (χ0v) is 13.3. The lowest BCUT2D eigenvalue weighted by Gasteiger charge is -2.03. The number of fused-ring (bicyclic) bond motifs is 1. The fourth-order valence-corrected chi connectivity index (χ4v) is 2.74. The van der Waals surface area contributed by atoms with E-state index < -0.39 is 0 Å². The Morgan fingerprint density at radius 1 is 1.12 bits per heavy atom. The first-order chi connectivity index (χ1) is 11.8. The molecule has 5 heteroatoms. The van der Waals surface area contributed by atoms with Gasteiger partial charge in [0.25, 0.3) is 0 Å². The van der Waals surface area contributed by atoms with Gasteiger partial charge in [0.2, 0.25) is 0 Å². The second-order valence-corrected chi connectivity index (χ2v) is 5.61. The molecule has 0 amide bonds. The van der Waals surface area contributed by atoms with Crippen LogP contribution in [0, 0.1) is 0 Å². The van der Waals surface area contributed by atoms with Crippen LogP contribution in [0.25, 0.3) is 22.5 Å². The van der Waals surface area contributed by atoms with Crippen LogP contribution in [-0.2, 0) is 12.8 Å². The van der Waals surface area contributed by atoms with E-state index in [0.29, 0.717) is 0 Å². The van der Waals surface area contributed by atoms with Crippen molar-refractivity contribution >= 4 is 11.2 Å². The molecular formula is C19H17N3O2. The summed E-state index contributed by atoms with van der Waals surface area (Å²) in [6.45, 7) is 0. The maximum atomic E-state index is 5.42. The van der Waals surface area contributed by atoms with Crippen molar-refractivity contribution in [3.05, 3.63) is 66.3 Å². The fraction of sp³-hybridized carbons (Fsp3) is 0.158. The summed E-state index contributed by atoms with van der Waals surface area (Å²) in [5, 5.41) is 0. The number of aromatic nitrogens is 3. The maximum Gasteiger partial charge on any atom is 0.177 e. The monoisotopic (exact) mass is 319 g/mol. The number of imidazole rings is 1. The Balaban J connectivity index is 1.54. The van der Waals surface area contributed by atoms with Crippen molar-refractivity contribution in [3.63, 3.8) is 0 Å². The molecule has 24 heavy (non-hydrogen) atoms. The lowest BCUT2D eigenvalue weighted by atomic mass is 10.1. The number of pyridine rings is 1. The van der Waals surface area contributed by atoms with Gasteiger partial charge in [-0.15, -0.1) is 0 Å². The molecule has 1 aromatic carbocycles. The minimum Gasteiger partial charge on any atom is -0.497 e. The van der Waals surface area contributed by atoms with E-state index in [9.17, 15) is 0 Å². The lowest BCUT2D eigenvalue weighted by molar-refractivity contribution is 0.414. The molecular weight excluding hydrogens is 302 g/mol. The number of furan rings is 1. The maximum absolute atomic E-state index is 5.42. The van der Waals surface area contributed by atoms with E-state index in [2.05, 4.69) is 27.1 Å². The lowest BCUT2D eigenvalue weighted by Crippen LogP contribution is -1.94. The van der Waals surface area contributed by atoms with Gasteiger partial charge < -0.3 is 14.1 Å². The summed E-state index contributed by atoms with van der Waals surface area (Å²) in [5.74, 6) is 2.61. The Bertz CT molecular complexity index is 958. The van der Waals surface area contributed by atoms with Gasteiger partial charge >= 0.3 is 0 Å². The van der Waals surface area contributed by atoms with Gasteiger partial charge in [-0.1, -0.05) is 12.1 Å². The third-order valence-electron chi connectivity index (χ3n) is 3.98. The molecule has 0 radical (unpaired) electrons. The van der Waals surface area contributed by atoms with E-state index in [1.165, 1.54) is 5.56 Å². The predicted octanol–water partition coefficient (Wildman–Crippen LogP) is 4.01. The van der Waals surface area contributed by atoms with Gasteiger partial charge in [0.1, 0.15) is 17.3 Å². The number of hydrogen-bond donors (Lipinski definition) is 1. The Labute approximate surface area is 139 Å². The third kappa shape index (κ3) is 2.88. The number of methoxy groups -OCH3 is 1. The number of benzene rings is 1. The number of nitrogens with zero attached hydrogens (tertiary/aromatic N) is 2. The molecule has 0 aliphatic rings. The van der Waals surface area contributed by atoms with E-state index in [1.807, 2.05) is 30.3 Å². The summed E-state index contributed by atoms with van der Waals surface area (Å²) in [4.78, 5) is 12.3. The Morgan fingerprint density at radius 2 is 2.08 bits per heavy atom. The number of rotatable bonds is 5. The Hall–Kier alpha value is -3.08. The van der Waals surface area contributed by atoms with E-state index in [4.69, 9.17) is 9.15 Å². The van der Waals surface area contributed by atoms with Gasteiger partial charge in [-0.25, -0.2) is 9.97 Å². The zero-order chi connectivity index (χ0) is 16.4. The number of aryl methyl sites for hydroxylation is 2. The molecule has 0 unspecified atom stereocenters. The normalized spacial score (nSPS) is 11.0. The standard InChI is InChI=1S/C19H17N3O2/c1-23-15-5-2-4-13(10-15)7-8-18-21-16-11-14(12-20-19(16)22-18)17-6-3-9-24-17/h2-6,9-12H,7-8H2,1H3,(H,20,21,22). The summed E-state index contributed by atoms with van der Waals surface area (Å²) in [7, 11) is 1.68. The molecule has 1 N–H and O–H groups in total. The van der Waals surface area contributed by atoms with Crippen molar-refractivity contribution in [1.82, 2.24) is 15.0 Å². The molecule has 0 aliphatic heterocycles. The van der Waals surface area contributed by atoms with Crippen LogP contribution in [0.3, 0.4) is 0 Å². The second-order valence-electron chi connectivity index (χ2n) is 5.61. The summed E-state index contributed by atoms with van der Waals surface area (Å²) >= 11 is 0. The summed E-state index contributed by atoms with van der Waals surface area (Å²) in [5.41, 5.74) is 3.81. The quantitative estimate of drug-likeness (QED) is 0.603. The minimum absolute atomic E-state index is 0.728. The molecule has 4 rings (SSSR count). The Morgan fingerprint density at radius 3 is 2.92 bits per heavy atom. The van der Waals surface area contributed by atoms with Crippen LogP contribution in [0.2, 0.25) is 0 Å². The van der Waals surface area contributed by atoms with Crippen LogP contribution < -0.4 is 4.74 Å². The molecule has 0 bridgehead atoms. The molecule has 3 aromatic heterocycles. The van der Waals surface area contributed by atoms with E-state index in [-0.39, 0.29) is 0 Å². The molecule has 5 nitrogen and oxygen atoms in total. The van der Waals surface area contributed by atoms with Crippen molar-refractivity contribution in [2.45, 2.75) is 12.8 Å². The number of ether oxygens (including phenoxy) is 1. The first-order valence-corrected chi connectivity index (χ1v) is 7.83. The van der Waals surface area contributed by atoms with Crippen LogP contribution in [0.15, 0.2) is 59.3 Å². The van der Waals surface area contributed by atoms with Crippen LogP contribution in [0.5, 0.6) is 5.75 Å². The highest BCUT2D eigenvalue weighted by Gasteiger charge is 2.08.